The van der Waals surface area contributed by atoms with Crippen LogP contribution in [0.15, 0.2) is 30.8 Å². The van der Waals surface area contributed by atoms with Crippen molar-refractivity contribution in [3.8, 4) is 0 Å². The van der Waals surface area contributed by atoms with Crippen LogP contribution in [0.25, 0.3) is 6.08 Å². The average molecular weight is 559 g/mol. The Morgan fingerprint density at radius 3 is 2.33 bits per heavy atom. The highest BCUT2D eigenvalue weighted by molar-refractivity contribution is 5.92. The second-order valence-corrected chi connectivity index (χ2v) is 11.7. The quantitative estimate of drug-likeness (QED) is 0.243. The maximum absolute atomic E-state index is 14.4. The molecule has 4 N–H and O–H groups in total. The first-order chi connectivity index (χ1) is 18.7. The fraction of sp³-hybridized carbons (Fsp3) is 0.613. The second-order valence-electron chi connectivity index (χ2n) is 11.7. The summed E-state index contributed by atoms with van der Waals surface area (Å²) in [5, 5.41) is 5.63. The topological polar surface area (TPSA) is 131 Å². The third-order valence-corrected chi connectivity index (χ3v) is 6.38. The van der Waals surface area contributed by atoms with Gasteiger partial charge in [0.1, 0.15) is 17.7 Å². The van der Waals surface area contributed by atoms with Gasteiger partial charge in [-0.1, -0.05) is 58.0 Å². The number of nitrogens with zero attached hydrogens (tertiary/aromatic N) is 1. The van der Waals surface area contributed by atoms with E-state index >= 15 is 0 Å². The summed E-state index contributed by atoms with van der Waals surface area (Å²) in [6.07, 6.45) is 3.90. The van der Waals surface area contributed by atoms with Gasteiger partial charge in [-0.05, 0) is 76.5 Å². The van der Waals surface area contributed by atoms with Gasteiger partial charge in [0.25, 0.3) is 0 Å². The van der Waals surface area contributed by atoms with E-state index in [0.29, 0.717) is 24.4 Å². The number of alkyl carbamates (subject to hydrolysis) is 1. The van der Waals surface area contributed by atoms with Gasteiger partial charge in [0, 0.05) is 19.0 Å². The molecule has 9 heteroatoms. The number of rotatable bonds is 16. The molecule has 3 unspecified atom stereocenters. The summed E-state index contributed by atoms with van der Waals surface area (Å²) in [6, 6.07) is 4.89. The highest BCUT2D eigenvalue weighted by Gasteiger charge is 2.39. The van der Waals surface area contributed by atoms with Gasteiger partial charge in [-0.15, -0.1) is 0 Å². The van der Waals surface area contributed by atoms with Crippen molar-refractivity contribution in [1.29, 1.82) is 0 Å². The van der Waals surface area contributed by atoms with E-state index in [9.17, 15) is 19.2 Å². The number of carbonyl (C=O) groups excluding carboxylic acids is 4. The molecule has 0 bridgehead atoms. The molecule has 3 atom stereocenters. The molecular weight excluding hydrogens is 508 g/mol. The maximum Gasteiger partial charge on any atom is 0.408 e. The molecule has 224 valence electrons. The number of benzene rings is 1. The molecule has 0 heterocycles. The van der Waals surface area contributed by atoms with Crippen LogP contribution in [0.1, 0.15) is 104 Å². The number of unbranched alkanes of at least 4 members (excludes halogenated alkanes) is 1. The minimum atomic E-state index is -1.13. The van der Waals surface area contributed by atoms with E-state index in [1.165, 1.54) is 0 Å². The third-order valence-electron chi connectivity index (χ3n) is 6.38. The summed E-state index contributed by atoms with van der Waals surface area (Å²) < 4.78 is 5.41. The molecule has 0 saturated heterocycles. The summed E-state index contributed by atoms with van der Waals surface area (Å²) in [5.74, 6) is -1.02. The second kappa shape index (κ2) is 16.7. The first-order valence-electron chi connectivity index (χ1n) is 14.3. The van der Waals surface area contributed by atoms with Crippen molar-refractivity contribution in [2.24, 2.45) is 11.7 Å². The zero-order valence-electron chi connectivity index (χ0n) is 25.4. The maximum atomic E-state index is 14.4. The highest BCUT2D eigenvalue weighted by atomic mass is 16.6. The van der Waals surface area contributed by atoms with Crippen LogP contribution >= 0.6 is 0 Å². The molecule has 1 aromatic carbocycles. The molecule has 0 aliphatic carbocycles. The number of nitrogens with two attached hydrogens (primary N) is 1. The Balaban J connectivity index is 3.65. The van der Waals surface area contributed by atoms with Crippen LogP contribution in [0.2, 0.25) is 0 Å². The Bertz CT molecular complexity index is 1000. The molecule has 0 spiro atoms. The number of hydrogen-bond donors (Lipinski definition) is 3. The fourth-order valence-electron chi connectivity index (χ4n) is 4.27. The molecule has 0 fully saturated rings. The van der Waals surface area contributed by atoms with Crippen LogP contribution in [0.4, 0.5) is 4.79 Å². The molecule has 4 amide bonds. The lowest BCUT2D eigenvalue weighted by Crippen LogP contribution is -2.55. The number of amides is 4. The van der Waals surface area contributed by atoms with Crippen molar-refractivity contribution in [1.82, 2.24) is 15.5 Å². The van der Waals surface area contributed by atoms with Gasteiger partial charge in [0.2, 0.25) is 17.7 Å². The molecule has 0 aromatic heterocycles. The van der Waals surface area contributed by atoms with Gasteiger partial charge in [0.15, 0.2) is 0 Å². The summed E-state index contributed by atoms with van der Waals surface area (Å²) in [5.41, 5.74) is 6.05. The van der Waals surface area contributed by atoms with E-state index < -0.39 is 35.6 Å². The van der Waals surface area contributed by atoms with Crippen LogP contribution in [0.3, 0.4) is 0 Å². The molecular formula is C31H50N4O5. The Morgan fingerprint density at radius 1 is 1.10 bits per heavy atom. The van der Waals surface area contributed by atoms with Crippen molar-refractivity contribution in [3.63, 3.8) is 0 Å². The van der Waals surface area contributed by atoms with Gasteiger partial charge in [-0.2, -0.15) is 0 Å². The number of primary amides is 1. The fourth-order valence-corrected chi connectivity index (χ4v) is 4.27. The largest absolute Gasteiger partial charge is 0.444 e. The lowest BCUT2D eigenvalue weighted by molar-refractivity contribution is -0.145. The molecule has 1 rings (SSSR count). The van der Waals surface area contributed by atoms with Crippen LogP contribution in [0.5, 0.6) is 0 Å². The minimum Gasteiger partial charge on any atom is -0.444 e. The molecule has 0 saturated carbocycles. The summed E-state index contributed by atoms with van der Waals surface area (Å²) in [6.45, 7) is 17.6. The summed E-state index contributed by atoms with van der Waals surface area (Å²) in [7, 11) is 0. The number of nitrogens with one attached hydrogen (secondary N) is 2. The number of ether oxygens (including phenoxy) is 1. The van der Waals surface area contributed by atoms with E-state index in [0.717, 1.165) is 24.8 Å². The van der Waals surface area contributed by atoms with Gasteiger partial charge >= 0.3 is 6.09 Å². The first kappa shape index (κ1) is 34.7. The van der Waals surface area contributed by atoms with E-state index in [1.54, 1.807) is 31.7 Å². The Morgan fingerprint density at radius 2 is 1.77 bits per heavy atom. The van der Waals surface area contributed by atoms with Gasteiger partial charge < -0.3 is 26.0 Å². The van der Waals surface area contributed by atoms with E-state index in [2.05, 4.69) is 31.1 Å². The van der Waals surface area contributed by atoms with Crippen molar-refractivity contribution < 1.29 is 23.9 Å². The van der Waals surface area contributed by atoms with Gasteiger partial charge in [0.05, 0.1) is 0 Å². The van der Waals surface area contributed by atoms with Crippen LogP contribution in [-0.4, -0.2) is 52.9 Å². The molecule has 40 heavy (non-hydrogen) atoms. The lowest BCUT2D eigenvalue weighted by Gasteiger charge is -2.39. The molecule has 0 aliphatic rings. The monoisotopic (exact) mass is 558 g/mol. The van der Waals surface area contributed by atoms with Crippen molar-refractivity contribution in [2.45, 2.75) is 111 Å². The summed E-state index contributed by atoms with van der Waals surface area (Å²) in [4.78, 5) is 54.1. The SMILES string of the molecule is C=Cc1cccc(C(C(=O)NCCCC)N(C(=O)C(CCC(N)=O)NC(=O)OC(C)(C)C)C(C)CCC(C)C)c1. The van der Waals surface area contributed by atoms with Gasteiger partial charge in [-0.3, -0.25) is 14.4 Å². The normalized spacial score (nSPS) is 13.6. The molecule has 0 aliphatic heterocycles. The van der Waals surface area contributed by atoms with E-state index in [-0.39, 0.29) is 24.8 Å². The molecule has 9 nitrogen and oxygen atoms in total. The van der Waals surface area contributed by atoms with Crippen LogP contribution < -0.4 is 16.4 Å². The smallest absolute Gasteiger partial charge is 0.408 e. The average Bonchev–Trinajstić information content (AvgIpc) is 2.86. The highest BCUT2D eigenvalue weighted by Crippen LogP contribution is 2.29. The van der Waals surface area contributed by atoms with Gasteiger partial charge in [-0.25, -0.2) is 4.79 Å². The minimum absolute atomic E-state index is 0.0301. The van der Waals surface area contributed by atoms with E-state index in [4.69, 9.17) is 10.5 Å². The number of carbonyl (C=O) groups is 4. The molecule has 0 radical (unpaired) electrons. The Kier molecular flexibility index (Phi) is 14.5. The van der Waals surface area contributed by atoms with Crippen LogP contribution in [-0.2, 0) is 19.1 Å². The van der Waals surface area contributed by atoms with E-state index in [1.807, 2.05) is 38.1 Å². The predicted molar refractivity (Wildman–Crippen MR) is 159 cm³/mol. The van der Waals surface area contributed by atoms with Crippen molar-refractivity contribution >= 4 is 29.9 Å². The lowest BCUT2D eigenvalue weighted by atomic mass is 9.95. The van der Waals surface area contributed by atoms with Crippen molar-refractivity contribution in [3.05, 3.63) is 42.0 Å². The van der Waals surface area contributed by atoms with Crippen molar-refractivity contribution in [2.75, 3.05) is 6.54 Å². The first-order valence-corrected chi connectivity index (χ1v) is 14.3. The molecule has 1 aromatic rings. The predicted octanol–water partition coefficient (Wildman–Crippen LogP) is 5.10. The number of hydrogen-bond acceptors (Lipinski definition) is 5. The third kappa shape index (κ3) is 12.2. The van der Waals surface area contributed by atoms with Crippen LogP contribution in [0, 0.1) is 5.92 Å². The zero-order valence-corrected chi connectivity index (χ0v) is 25.4. The Hall–Kier alpha value is -3.36. The standard InChI is InChI=1S/C31H50N4O5/c1-9-11-19-33-28(37)27(24-14-12-13-23(10-2)20-24)35(22(5)16-15-21(3)4)29(38)25(17-18-26(32)36)34-30(39)40-31(6,7)8/h10,12-14,20-22,25,27H,2,9,11,15-19H2,1,3-8H3,(H2,32,36)(H,33,37)(H,34,39). The zero-order chi connectivity index (χ0) is 30.5. The summed E-state index contributed by atoms with van der Waals surface area (Å²) >= 11 is 0. The Labute approximate surface area is 240 Å².